The molecule has 2 aromatic heterocycles. The van der Waals surface area contributed by atoms with Gasteiger partial charge in [0, 0.05) is 0 Å². The van der Waals surface area contributed by atoms with Gasteiger partial charge in [0.05, 0.1) is 26.2 Å². The van der Waals surface area contributed by atoms with Crippen molar-refractivity contribution in [3.05, 3.63) is 93.5 Å². The molecule has 0 fully saturated rings. The second-order valence-electron chi connectivity index (χ2n) is 6.82. The minimum Gasteiger partial charge on any atom is -0.473 e. The fraction of sp³-hybridized carbons (Fsp3) is 0.0476. The van der Waals surface area contributed by atoms with E-state index >= 15 is 0 Å². The van der Waals surface area contributed by atoms with Gasteiger partial charge in [-0.3, -0.25) is 20.4 Å². The van der Waals surface area contributed by atoms with Gasteiger partial charge in [-0.2, -0.15) is 0 Å². The van der Waals surface area contributed by atoms with Crippen LogP contribution in [0.4, 0.5) is 0 Å². The van der Waals surface area contributed by atoms with Crippen LogP contribution in [0, 0.1) is 6.92 Å². The van der Waals surface area contributed by atoms with E-state index in [4.69, 9.17) is 54.6 Å². The van der Waals surface area contributed by atoms with E-state index in [1.54, 1.807) is 30.3 Å². The largest absolute Gasteiger partial charge is 0.473 e. The number of carbonyl (C=O) groups is 4. The summed E-state index contributed by atoms with van der Waals surface area (Å²) in [6.07, 6.45) is 5.49. The van der Waals surface area contributed by atoms with E-state index in [9.17, 15) is 9.59 Å². The number of nitrogens with one attached hydrogen (secondary N) is 2. The van der Waals surface area contributed by atoms with Crippen molar-refractivity contribution in [3.8, 4) is 0 Å². The lowest BCUT2D eigenvalue weighted by atomic mass is 10.1. The van der Waals surface area contributed by atoms with Crippen molar-refractivity contribution in [1.29, 1.82) is 0 Å². The summed E-state index contributed by atoms with van der Waals surface area (Å²) in [6, 6.07) is 10.1. The summed E-state index contributed by atoms with van der Waals surface area (Å²) in [5, 5.41) is 30.0. The number of halogens is 3. The van der Waals surface area contributed by atoms with Gasteiger partial charge in [0.2, 0.25) is 0 Å². The van der Waals surface area contributed by atoms with Gasteiger partial charge >= 0.3 is 11.9 Å². The van der Waals surface area contributed by atoms with E-state index in [2.05, 4.69) is 31.2 Å². The lowest BCUT2D eigenvalue weighted by Crippen LogP contribution is -2.21. The first-order valence-electron chi connectivity index (χ1n) is 9.98. The molecule has 0 saturated carbocycles. The van der Waals surface area contributed by atoms with Gasteiger partial charge in [-0.15, -0.1) is 20.4 Å². The first-order chi connectivity index (χ1) is 18.0. The third-order valence-corrected chi connectivity index (χ3v) is 5.18. The molecule has 38 heavy (non-hydrogen) atoms. The number of rotatable bonds is 4. The summed E-state index contributed by atoms with van der Waals surface area (Å²) < 4.78 is 2.68. The first-order valence-corrected chi connectivity index (χ1v) is 11.1. The van der Waals surface area contributed by atoms with Crippen molar-refractivity contribution in [1.82, 2.24) is 29.7 Å². The van der Waals surface area contributed by atoms with Crippen molar-refractivity contribution in [3.63, 3.8) is 0 Å². The van der Waals surface area contributed by atoms with Gasteiger partial charge in [0.15, 0.2) is 0 Å². The number of benzene rings is 2. The molecule has 0 spiro atoms. The fourth-order valence-electron chi connectivity index (χ4n) is 2.36. The number of hydrogen-bond donors (Lipinski definition) is 4. The number of carboxylic acids is 2. The van der Waals surface area contributed by atoms with E-state index in [0.29, 0.717) is 21.2 Å². The third-order valence-electron chi connectivity index (χ3n) is 4.05. The molecule has 0 aliphatic carbocycles. The van der Waals surface area contributed by atoms with E-state index in [1.807, 2.05) is 13.0 Å². The van der Waals surface area contributed by atoms with Crippen LogP contribution in [0.25, 0.3) is 0 Å². The number of carboxylic acid groups (broad SMARTS) is 2. The Bertz CT molecular complexity index is 1400. The molecule has 4 N–H and O–H groups in total. The zero-order valence-corrected chi connectivity index (χ0v) is 21.4. The number of carbonyl (C=O) groups excluding carboxylic acids is 2. The highest BCUT2D eigenvalue weighted by Crippen LogP contribution is 2.25. The highest BCUT2D eigenvalue weighted by atomic mass is 35.5. The van der Waals surface area contributed by atoms with Crippen molar-refractivity contribution in [2.75, 3.05) is 10.9 Å². The van der Waals surface area contributed by atoms with E-state index in [-0.39, 0.29) is 16.8 Å². The Morgan fingerprint density at radius 3 is 1.63 bits per heavy atom. The molecule has 0 unspecified atom stereocenters. The maximum Gasteiger partial charge on any atom is 0.414 e. The predicted octanol–water partition coefficient (Wildman–Crippen LogP) is 2.75. The van der Waals surface area contributed by atoms with Crippen LogP contribution >= 0.6 is 34.8 Å². The highest BCUT2D eigenvalue weighted by molar-refractivity contribution is 6.44. The molecule has 4 rings (SSSR count). The standard InChI is InChI=1S/C10H9ClN4O.C9H6Cl2N4O.C2H2O4/c1-7-2-3-8(9(11)4-7)10(16)14-15-5-12-13-6-15;10-7-3-1-2-6(8(7)11)9(16)14-15-4-12-13-5-15;3-1(4)2(5)6/h2-6H,1H3,(H,14,16);1-5H,(H,14,16);(H,3,4)(H,5,6). The molecule has 17 heteroatoms. The lowest BCUT2D eigenvalue weighted by Gasteiger charge is -2.06. The Morgan fingerprint density at radius 1 is 0.711 bits per heavy atom. The monoisotopic (exact) mass is 582 g/mol. The van der Waals surface area contributed by atoms with E-state index < -0.39 is 11.9 Å². The molecule has 0 saturated heterocycles. The Labute approximate surface area is 228 Å². The average Bonchev–Trinajstić information content (AvgIpc) is 3.56. The number of aromatic nitrogens is 6. The third kappa shape index (κ3) is 9.16. The van der Waals surface area contributed by atoms with Crippen LogP contribution in [0.3, 0.4) is 0 Å². The fourth-order valence-corrected chi connectivity index (χ4v) is 3.06. The topological polar surface area (TPSA) is 194 Å². The van der Waals surface area contributed by atoms with E-state index in [1.165, 1.54) is 34.7 Å². The van der Waals surface area contributed by atoms with Crippen LogP contribution in [0.1, 0.15) is 26.3 Å². The van der Waals surface area contributed by atoms with Crippen molar-refractivity contribution in [2.45, 2.75) is 6.92 Å². The molecule has 14 nitrogen and oxygen atoms in total. The Hall–Kier alpha value is -4.53. The molecule has 0 radical (unpaired) electrons. The summed E-state index contributed by atoms with van der Waals surface area (Å²) in [5.41, 5.74) is 6.80. The molecular formula is C21H17Cl3N8O6. The SMILES string of the molecule is Cc1ccc(C(=O)Nn2cnnc2)c(Cl)c1.O=C(Nn1cnnc1)c1cccc(Cl)c1Cl.O=C(O)C(=O)O. The minimum absolute atomic E-state index is 0.217. The number of nitrogens with zero attached hydrogens (tertiary/aromatic N) is 6. The Morgan fingerprint density at radius 2 is 1.18 bits per heavy atom. The number of amides is 2. The van der Waals surface area contributed by atoms with Crippen molar-refractivity contribution < 1.29 is 29.4 Å². The minimum atomic E-state index is -1.82. The predicted molar refractivity (Wildman–Crippen MR) is 135 cm³/mol. The van der Waals surface area contributed by atoms with Crippen LogP contribution < -0.4 is 10.9 Å². The summed E-state index contributed by atoms with van der Waals surface area (Å²) >= 11 is 17.7. The molecule has 0 bridgehead atoms. The highest BCUT2D eigenvalue weighted by Gasteiger charge is 2.13. The van der Waals surface area contributed by atoms with E-state index in [0.717, 1.165) is 5.56 Å². The van der Waals surface area contributed by atoms with Gasteiger partial charge in [-0.05, 0) is 36.8 Å². The lowest BCUT2D eigenvalue weighted by molar-refractivity contribution is -0.159. The van der Waals surface area contributed by atoms with Crippen LogP contribution in [-0.4, -0.2) is 63.7 Å². The van der Waals surface area contributed by atoms with Crippen molar-refractivity contribution >= 4 is 58.6 Å². The normalized spacial score (nSPS) is 9.68. The Kier molecular flexibility index (Phi) is 11.2. The van der Waals surface area contributed by atoms with Crippen LogP contribution in [0.5, 0.6) is 0 Å². The molecular weight excluding hydrogens is 567 g/mol. The molecule has 2 amide bonds. The molecule has 198 valence electrons. The van der Waals surface area contributed by atoms with Crippen LogP contribution in [0.2, 0.25) is 15.1 Å². The van der Waals surface area contributed by atoms with Crippen LogP contribution in [0.15, 0.2) is 61.7 Å². The van der Waals surface area contributed by atoms with Gasteiger partial charge in [0.1, 0.15) is 25.3 Å². The van der Waals surface area contributed by atoms with Gasteiger partial charge in [-0.1, -0.05) is 46.9 Å². The number of hydrogen-bond acceptors (Lipinski definition) is 8. The summed E-state index contributed by atoms with van der Waals surface area (Å²) in [7, 11) is 0. The number of aliphatic carboxylic acids is 2. The second-order valence-corrected chi connectivity index (χ2v) is 8.01. The van der Waals surface area contributed by atoms with Crippen LogP contribution in [-0.2, 0) is 9.59 Å². The quantitative estimate of drug-likeness (QED) is 0.259. The molecule has 2 heterocycles. The first kappa shape index (κ1) is 29.7. The van der Waals surface area contributed by atoms with Gasteiger partial charge in [0.25, 0.3) is 11.8 Å². The van der Waals surface area contributed by atoms with Gasteiger partial charge in [-0.25, -0.2) is 18.9 Å². The maximum atomic E-state index is 11.8. The maximum absolute atomic E-state index is 11.8. The zero-order valence-electron chi connectivity index (χ0n) is 19.1. The molecule has 0 aliphatic heterocycles. The summed E-state index contributed by atoms with van der Waals surface area (Å²) in [4.78, 5) is 41.7. The Balaban J connectivity index is 0.000000221. The number of aryl methyl sites for hydroxylation is 1. The molecule has 4 aromatic rings. The molecule has 0 atom stereocenters. The zero-order chi connectivity index (χ0) is 28.2. The smallest absolute Gasteiger partial charge is 0.414 e. The van der Waals surface area contributed by atoms with Gasteiger partial charge < -0.3 is 10.2 Å². The summed E-state index contributed by atoms with van der Waals surface area (Å²) in [6.45, 7) is 1.91. The molecule has 2 aromatic carbocycles. The van der Waals surface area contributed by atoms with Crippen molar-refractivity contribution in [2.24, 2.45) is 0 Å². The average molecular weight is 584 g/mol. The summed E-state index contributed by atoms with van der Waals surface area (Å²) in [5.74, 6) is -4.33. The molecule has 0 aliphatic rings. The second kappa shape index (κ2) is 14.3.